The summed E-state index contributed by atoms with van der Waals surface area (Å²) in [5.74, 6) is 2.25. The van der Waals surface area contributed by atoms with Crippen molar-refractivity contribution in [3.8, 4) is 11.3 Å². The molecule has 4 aliphatic rings. The van der Waals surface area contributed by atoms with Gasteiger partial charge in [0.25, 0.3) is 11.6 Å². The van der Waals surface area contributed by atoms with Gasteiger partial charge in [-0.05, 0) is 79.9 Å². The monoisotopic (exact) mass is 425 g/mol. The highest BCUT2D eigenvalue weighted by Crippen LogP contribution is 2.59. The Labute approximate surface area is 180 Å². The van der Waals surface area contributed by atoms with Gasteiger partial charge in [0.1, 0.15) is 5.69 Å². The molecular weight excluding hydrogens is 402 g/mol. The number of aromatic nitrogens is 1. The van der Waals surface area contributed by atoms with Crippen LogP contribution in [0, 0.1) is 33.3 Å². The lowest BCUT2D eigenvalue weighted by molar-refractivity contribution is -0.384. The van der Waals surface area contributed by atoms with Crippen molar-refractivity contribution in [1.29, 1.82) is 0 Å². The Morgan fingerprint density at radius 1 is 1.17 bits per heavy atom. The van der Waals surface area contributed by atoms with E-state index in [9.17, 15) is 14.9 Å². The highest BCUT2D eigenvalue weighted by Gasteiger charge is 2.50. The summed E-state index contributed by atoms with van der Waals surface area (Å²) >= 11 is 6.32. The van der Waals surface area contributed by atoms with E-state index in [-0.39, 0.29) is 22.7 Å². The minimum Gasteiger partial charge on any atom is -0.351 e. The van der Waals surface area contributed by atoms with Crippen molar-refractivity contribution in [2.75, 3.05) is 6.54 Å². The van der Waals surface area contributed by atoms with E-state index in [1.165, 1.54) is 56.9 Å². The molecule has 6 rings (SSSR count). The van der Waals surface area contributed by atoms with Gasteiger partial charge >= 0.3 is 0 Å². The van der Waals surface area contributed by atoms with Gasteiger partial charge < -0.3 is 5.32 Å². The largest absolute Gasteiger partial charge is 0.351 e. The maximum atomic E-state index is 13.0. The van der Waals surface area contributed by atoms with Crippen LogP contribution in [0.3, 0.4) is 0 Å². The van der Waals surface area contributed by atoms with Gasteiger partial charge in [-0.3, -0.25) is 14.9 Å². The minimum absolute atomic E-state index is 0.0975. The van der Waals surface area contributed by atoms with E-state index in [1.807, 2.05) is 0 Å². The zero-order valence-corrected chi connectivity index (χ0v) is 17.4. The molecule has 1 aromatic carbocycles. The molecule has 0 aliphatic heterocycles. The molecule has 1 heterocycles. The van der Waals surface area contributed by atoms with Crippen LogP contribution in [-0.4, -0.2) is 22.4 Å². The predicted molar refractivity (Wildman–Crippen MR) is 114 cm³/mol. The Hall–Kier alpha value is -2.47. The first kappa shape index (κ1) is 19.5. The zero-order chi connectivity index (χ0) is 20.9. The fraction of sp³-hybridized carbons (Fsp3) is 0.478. The third-order valence-electron chi connectivity index (χ3n) is 7.26. The van der Waals surface area contributed by atoms with Crippen LogP contribution in [0.2, 0.25) is 5.02 Å². The maximum Gasteiger partial charge on any atom is 0.295 e. The fourth-order valence-electron chi connectivity index (χ4n) is 6.48. The van der Waals surface area contributed by atoms with Crippen molar-refractivity contribution < 1.29 is 9.72 Å². The lowest BCUT2D eigenvalue weighted by Gasteiger charge is -2.56. The van der Waals surface area contributed by atoms with Crippen LogP contribution in [-0.2, 0) is 0 Å². The van der Waals surface area contributed by atoms with E-state index in [4.69, 9.17) is 11.6 Å². The molecule has 2 aromatic rings. The number of hydrogen-bond acceptors (Lipinski definition) is 4. The number of nitrogens with zero attached hydrogens (tertiary/aromatic N) is 2. The van der Waals surface area contributed by atoms with E-state index in [2.05, 4.69) is 10.3 Å². The Kier molecular flexibility index (Phi) is 4.77. The topological polar surface area (TPSA) is 85.1 Å². The molecule has 0 atom stereocenters. The van der Waals surface area contributed by atoms with Gasteiger partial charge in [-0.1, -0.05) is 17.7 Å². The number of nitrogens with one attached hydrogen (secondary N) is 1. The molecule has 4 fully saturated rings. The Morgan fingerprint density at radius 3 is 2.47 bits per heavy atom. The van der Waals surface area contributed by atoms with Crippen LogP contribution in [0.5, 0.6) is 0 Å². The molecule has 30 heavy (non-hydrogen) atoms. The predicted octanol–water partition coefficient (Wildman–Crippen LogP) is 5.26. The number of carbonyl (C=O) groups is 1. The molecule has 7 heteroatoms. The molecule has 4 saturated carbocycles. The summed E-state index contributed by atoms with van der Waals surface area (Å²) in [7, 11) is 0. The second kappa shape index (κ2) is 7.34. The standard InChI is InChI=1S/C23H24ClN3O3/c24-19-4-3-17(21-20(27(29)30)2-1-5-25-21)9-18(19)22(28)26-13-23-10-14-6-15(11-23)8-16(7-14)12-23/h1-5,9,14-16H,6-8,10-13H2,(H,26,28). The molecule has 4 aliphatic carbocycles. The second-order valence-electron chi connectivity index (χ2n) is 9.42. The second-order valence-corrected chi connectivity index (χ2v) is 9.83. The minimum atomic E-state index is -0.469. The molecule has 4 bridgehead atoms. The third kappa shape index (κ3) is 3.47. The van der Waals surface area contributed by atoms with Crippen LogP contribution < -0.4 is 5.32 Å². The lowest BCUT2D eigenvalue weighted by atomic mass is 9.49. The van der Waals surface area contributed by atoms with E-state index < -0.39 is 4.92 Å². The lowest BCUT2D eigenvalue weighted by Crippen LogP contribution is -2.51. The van der Waals surface area contributed by atoms with E-state index >= 15 is 0 Å². The van der Waals surface area contributed by atoms with Crippen molar-refractivity contribution in [3.63, 3.8) is 0 Å². The Bertz CT molecular complexity index is 987. The number of amides is 1. The van der Waals surface area contributed by atoms with Crippen molar-refractivity contribution in [2.45, 2.75) is 38.5 Å². The molecule has 6 nitrogen and oxygen atoms in total. The quantitative estimate of drug-likeness (QED) is 0.523. The Balaban J connectivity index is 1.37. The average molecular weight is 426 g/mol. The first-order valence-electron chi connectivity index (χ1n) is 10.6. The summed E-state index contributed by atoms with van der Waals surface area (Å²) in [5.41, 5.74) is 1.20. The molecule has 0 radical (unpaired) electrons. The van der Waals surface area contributed by atoms with Crippen LogP contribution in [0.1, 0.15) is 48.9 Å². The first-order valence-corrected chi connectivity index (χ1v) is 11.0. The summed E-state index contributed by atoms with van der Waals surface area (Å²) < 4.78 is 0. The summed E-state index contributed by atoms with van der Waals surface area (Å²) in [6.45, 7) is 0.680. The summed E-state index contributed by atoms with van der Waals surface area (Å²) in [5, 5.41) is 14.8. The molecule has 0 unspecified atom stereocenters. The summed E-state index contributed by atoms with van der Waals surface area (Å²) in [6, 6.07) is 7.80. The molecule has 1 aromatic heterocycles. The van der Waals surface area contributed by atoms with Crippen molar-refractivity contribution >= 4 is 23.2 Å². The molecule has 1 amide bonds. The number of pyridine rings is 1. The number of halogens is 1. The van der Waals surface area contributed by atoms with Crippen LogP contribution in [0.4, 0.5) is 5.69 Å². The van der Waals surface area contributed by atoms with Crippen molar-refractivity contribution in [2.24, 2.45) is 23.2 Å². The number of nitro groups is 1. The zero-order valence-electron chi connectivity index (χ0n) is 16.6. The number of rotatable bonds is 5. The van der Waals surface area contributed by atoms with Gasteiger partial charge in [0.2, 0.25) is 0 Å². The van der Waals surface area contributed by atoms with Gasteiger partial charge in [-0.2, -0.15) is 0 Å². The third-order valence-corrected chi connectivity index (χ3v) is 7.59. The fourth-order valence-corrected chi connectivity index (χ4v) is 6.69. The van der Waals surface area contributed by atoms with Crippen molar-refractivity contribution in [3.05, 3.63) is 57.2 Å². The SMILES string of the molecule is O=C(NCC12CC3CC(CC(C3)C1)C2)c1cc(-c2ncccc2[N+](=O)[O-])ccc1Cl. The molecule has 0 saturated heterocycles. The number of hydrogen-bond donors (Lipinski definition) is 1. The van der Waals surface area contributed by atoms with Gasteiger partial charge in [-0.25, -0.2) is 4.98 Å². The van der Waals surface area contributed by atoms with E-state index in [0.717, 1.165) is 17.8 Å². The summed E-state index contributed by atoms with van der Waals surface area (Å²) in [6.07, 6.45) is 9.25. The molecular formula is C23H24ClN3O3. The van der Waals surface area contributed by atoms with Crippen LogP contribution >= 0.6 is 11.6 Å². The van der Waals surface area contributed by atoms with Gasteiger partial charge in [0, 0.05) is 24.4 Å². The van der Waals surface area contributed by atoms with Crippen LogP contribution in [0.15, 0.2) is 36.5 Å². The summed E-state index contributed by atoms with van der Waals surface area (Å²) in [4.78, 5) is 28.0. The number of carbonyl (C=O) groups excluding carboxylic acids is 1. The molecule has 1 N–H and O–H groups in total. The van der Waals surface area contributed by atoms with Gasteiger partial charge in [-0.15, -0.1) is 0 Å². The van der Waals surface area contributed by atoms with Gasteiger partial charge in [0.15, 0.2) is 0 Å². The van der Waals surface area contributed by atoms with E-state index in [0.29, 0.717) is 22.7 Å². The van der Waals surface area contributed by atoms with Gasteiger partial charge in [0.05, 0.1) is 15.5 Å². The number of benzene rings is 1. The Morgan fingerprint density at radius 2 is 1.83 bits per heavy atom. The molecule has 0 spiro atoms. The maximum absolute atomic E-state index is 13.0. The first-order chi connectivity index (χ1) is 14.4. The average Bonchev–Trinajstić information content (AvgIpc) is 2.71. The smallest absolute Gasteiger partial charge is 0.295 e. The van der Waals surface area contributed by atoms with Crippen LogP contribution in [0.25, 0.3) is 11.3 Å². The molecule has 156 valence electrons. The normalized spacial score (nSPS) is 29.0. The van der Waals surface area contributed by atoms with Crippen molar-refractivity contribution in [1.82, 2.24) is 10.3 Å². The highest BCUT2D eigenvalue weighted by molar-refractivity contribution is 6.34. The van der Waals surface area contributed by atoms with E-state index in [1.54, 1.807) is 18.2 Å². The highest BCUT2D eigenvalue weighted by atomic mass is 35.5.